The lowest BCUT2D eigenvalue weighted by atomic mass is 10.1. The molecule has 0 unspecified atom stereocenters. The molecule has 0 aliphatic rings. The SMILES string of the molecule is Nc1ccc(-n2c(-c3ccccc3)cc(=O)c3ccccc32)cc1. The molecule has 1 heterocycles. The van der Waals surface area contributed by atoms with Crippen molar-refractivity contribution < 1.29 is 0 Å². The van der Waals surface area contributed by atoms with E-state index in [1.165, 1.54) is 0 Å². The van der Waals surface area contributed by atoms with Crippen molar-refractivity contribution >= 4 is 16.6 Å². The van der Waals surface area contributed by atoms with Gasteiger partial charge in [-0.1, -0.05) is 42.5 Å². The highest BCUT2D eigenvalue weighted by Crippen LogP contribution is 2.27. The Bertz CT molecular complexity index is 1060. The van der Waals surface area contributed by atoms with E-state index in [1.54, 1.807) is 6.07 Å². The third-order valence-electron chi connectivity index (χ3n) is 4.14. The summed E-state index contributed by atoms with van der Waals surface area (Å²) >= 11 is 0. The van der Waals surface area contributed by atoms with E-state index in [9.17, 15) is 4.79 Å². The van der Waals surface area contributed by atoms with Gasteiger partial charge in [-0.15, -0.1) is 0 Å². The number of nitrogens with zero attached hydrogens (tertiary/aromatic N) is 1. The van der Waals surface area contributed by atoms with Crippen LogP contribution in [-0.4, -0.2) is 4.57 Å². The maximum atomic E-state index is 12.6. The summed E-state index contributed by atoms with van der Waals surface area (Å²) in [6.45, 7) is 0. The van der Waals surface area contributed by atoms with E-state index in [1.807, 2.05) is 78.9 Å². The highest BCUT2D eigenvalue weighted by atomic mass is 16.1. The second-order valence-corrected chi connectivity index (χ2v) is 5.70. The smallest absolute Gasteiger partial charge is 0.190 e. The number of anilines is 1. The zero-order valence-corrected chi connectivity index (χ0v) is 13.0. The van der Waals surface area contributed by atoms with E-state index in [-0.39, 0.29) is 5.43 Å². The first-order chi connectivity index (χ1) is 11.7. The standard InChI is InChI=1S/C21H16N2O/c22-16-10-12-17(13-11-16)23-19-9-5-4-8-18(19)21(24)14-20(23)15-6-2-1-3-7-15/h1-14H,22H2. The first-order valence-electron chi connectivity index (χ1n) is 7.80. The molecule has 0 spiro atoms. The molecule has 0 fully saturated rings. The molecule has 3 heteroatoms. The predicted octanol–water partition coefficient (Wildman–Crippen LogP) is 4.24. The van der Waals surface area contributed by atoms with E-state index >= 15 is 0 Å². The molecular weight excluding hydrogens is 296 g/mol. The minimum atomic E-state index is 0.0242. The number of para-hydroxylation sites is 1. The van der Waals surface area contributed by atoms with Crippen LogP contribution in [0.5, 0.6) is 0 Å². The molecule has 0 aliphatic carbocycles. The summed E-state index contributed by atoms with van der Waals surface area (Å²) in [6, 6.07) is 27.0. The van der Waals surface area contributed by atoms with Crippen molar-refractivity contribution in [2.75, 3.05) is 5.73 Å². The van der Waals surface area contributed by atoms with Crippen molar-refractivity contribution in [2.24, 2.45) is 0 Å². The molecule has 116 valence electrons. The largest absolute Gasteiger partial charge is 0.399 e. The number of nitrogen functional groups attached to an aromatic ring is 1. The molecule has 24 heavy (non-hydrogen) atoms. The Balaban J connectivity index is 2.13. The van der Waals surface area contributed by atoms with Crippen molar-refractivity contribution in [3.8, 4) is 16.9 Å². The Morgan fingerprint density at radius 1 is 0.750 bits per heavy atom. The van der Waals surface area contributed by atoms with Crippen LogP contribution in [0.15, 0.2) is 89.7 Å². The van der Waals surface area contributed by atoms with Gasteiger partial charge in [-0.2, -0.15) is 0 Å². The summed E-state index contributed by atoms with van der Waals surface area (Å²) in [4.78, 5) is 12.6. The van der Waals surface area contributed by atoms with E-state index in [0.29, 0.717) is 11.1 Å². The molecule has 2 N–H and O–H groups in total. The molecule has 4 rings (SSSR count). The minimum Gasteiger partial charge on any atom is -0.399 e. The van der Waals surface area contributed by atoms with Crippen LogP contribution in [0, 0.1) is 0 Å². The lowest BCUT2D eigenvalue weighted by molar-refractivity contribution is 1.11. The molecule has 0 bridgehead atoms. The second kappa shape index (κ2) is 5.70. The Morgan fingerprint density at radius 2 is 1.42 bits per heavy atom. The average molecular weight is 312 g/mol. The normalized spacial score (nSPS) is 10.8. The lowest BCUT2D eigenvalue weighted by Crippen LogP contribution is -2.10. The summed E-state index contributed by atoms with van der Waals surface area (Å²) in [5.41, 5.74) is 10.3. The van der Waals surface area contributed by atoms with Gasteiger partial charge in [0.25, 0.3) is 0 Å². The van der Waals surface area contributed by atoms with Crippen LogP contribution >= 0.6 is 0 Å². The van der Waals surface area contributed by atoms with Gasteiger partial charge in [0, 0.05) is 22.8 Å². The van der Waals surface area contributed by atoms with Gasteiger partial charge in [-0.25, -0.2) is 0 Å². The van der Waals surface area contributed by atoms with Gasteiger partial charge in [0.05, 0.1) is 11.2 Å². The summed E-state index contributed by atoms with van der Waals surface area (Å²) < 4.78 is 2.10. The maximum Gasteiger partial charge on any atom is 0.190 e. The van der Waals surface area contributed by atoms with E-state index < -0.39 is 0 Å². The Kier molecular flexibility index (Phi) is 3.39. The van der Waals surface area contributed by atoms with Crippen LogP contribution in [0.2, 0.25) is 0 Å². The van der Waals surface area contributed by atoms with Crippen molar-refractivity contribution in [3.63, 3.8) is 0 Å². The van der Waals surface area contributed by atoms with Gasteiger partial charge in [0.2, 0.25) is 0 Å². The fourth-order valence-corrected chi connectivity index (χ4v) is 3.00. The van der Waals surface area contributed by atoms with Crippen molar-refractivity contribution in [1.29, 1.82) is 0 Å². The summed E-state index contributed by atoms with van der Waals surface area (Å²) in [5.74, 6) is 0. The Labute approximate surface area is 139 Å². The Hall–Kier alpha value is -3.33. The highest BCUT2D eigenvalue weighted by molar-refractivity contribution is 5.84. The summed E-state index contributed by atoms with van der Waals surface area (Å²) in [6.07, 6.45) is 0. The zero-order chi connectivity index (χ0) is 16.5. The number of nitrogens with two attached hydrogens (primary N) is 1. The molecule has 0 radical (unpaired) electrons. The fourth-order valence-electron chi connectivity index (χ4n) is 3.00. The van der Waals surface area contributed by atoms with Gasteiger partial charge in [0.15, 0.2) is 5.43 Å². The second-order valence-electron chi connectivity index (χ2n) is 5.70. The quantitative estimate of drug-likeness (QED) is 0.563. The highest BCUT2D eigenvalue weighted by Gasteiger charge is 2.12. The number of rotatable bonds is 2. The van der Waals surface area contributed by atoms with Gasteiger partial charge in [-0.05, 0) is 42.0 Å². The number of benzene rings is 3. The van der Waals surface area contributed by atoms with Crippen molar-refractivity contribution in [3.05, 3.63) is 95.2 Å². The molecule has 1 aromatic heterocycles. The van der Waals surface area contributed by atoms with Gasteiger partial charge >= 0.3 is 0 Å². The molecule has 3 nitrogen and oxygen atoms in total. The topological polar surface area (TPSA) is 48.0 Å². The molecule has 3 aromatic carbocycles. The molecule has 0 saturated carbocycles. The van der Waals surface area contributed by atoms with Crippen LogP contribution in [0.4, 0.5) is 5.69 Å². The first kappa shape index (κ1) is 14.3. The minimum absolute atomic E-state index is 0.0242. The van der Waals surface area contributed by atoms with E-state index in [0.717, 1.165) is 22.5 Å². The number of hydrogen-bond donors (Lipinski definition) is 1. The van der Waals surface area contributed by atoms with Crippen LogP contribution in [-0.2, 0) is 0 Å². The van der Waals surface area contributed by atoms with E-state index in [4.69, 9.17) is 5.73 Å². The van der Waals surface area contributed by atoms with Crippen LogP contribution in [0.3, 0.4) is 0 Å². The molecule has 0 amide bonds. The zero-order valence-electron chi connectivity index (χ0n) is 13.0. The lowest BCUT2D eigenvalue weighted by Gasteiger charge is -2.17. The molecule has 0 aliphatic heterocycles. The number of pyridine rings is 1. The molecule has 4 aromatic rings. The van der Waals surface area contributed by atoms with E-state index in [2.05, 4.69) is 4.57 Å². The number of aromatic nitrogens is 1. The number of hydrogen-bond acceptors (Lipinski definition) is 2. The van der Waals surface area contributed by atoms with Crippen molar-refractivity contribution in [2.45, 2.75) is 0 Å². The molecular formula is C21H16N2O. The van der Waals surface area contributed by atoms with Crippen LogP contribution in [0.1, 0.15) is 0 Å². The Morgan fingerprint density at radius 3 is 2.17 bits per heavy atom. The third-order valence-corrected chi connectivity index (χ3v) is 4.14. The predicted molar refractivity (Wildman–Crippen MR) is 99.4 cm³/mol. The van der Waals surface area contributed by atoms with Crippen molar-refractivity contribution in [1.82, 2.24) is 4.57 Å². The molecule has 0 atom stereocenters. The van der Waals surface area contributed by atoms with Gasteiger partial charge in [-0.3, -0.25) is 4.79 Å². The average Bonchev–Trinajstić information content (AvgIpc) is 2.63. The van der Waals surface area contributed by atoms with Crippen LogP contribution in [0.25, 0.3) is 27.8 Å². The fraction of sp³-hybridized carbons (Fsp3) is 0. The first-order valence-corrected chi connectivity index (χ1v) is 7.80. The number of fused-ring (bicyclic) bond motifs is 1. The maximum absolute atomic E-state index is 12.6. The summed E-state index contributed by atoms with van der Waals surface area (Å²) in [7, 11) is 0. The van der Waals surface area contributed by atoms with Gasteiger partial charge in [0.1, 0.15) is 0 Å². The molecule has 0 saturated heterocycles. The third kappa shape index (κ3) is 2.36. The summed E-state index contributed by atoms with van der Waals surface area (Å²) in [5, 5.41) is 0.703. The monoisotopic (exact) mass is 312 g/mol. The van der Waals surface area contributed by atoms with Gasteiger partial charge < -0.3 is 10.3 Å². The van der Waals surface area contributed by atoms with Crippen LogP contribution < -0.4 is 11.2 Å².